The van der Waals surface area contributed by atoms with Gasteiger partial charge in [-0.3, -0.25) is 0 Å². The lowest BCUT2D eigenvalue weighted by Gasteiger charge is -2.49. The lowest BCUT2D eigenvalue weighted by Crippen LogP contribution is -2.60. The third kappa shape index (κ3) is 2.87. The number of aromatic nitrogens is 2. The molecule has 2 aromatic carbocycles. The van der Waals surface area contributed by atoms with Gasteiger partial charge in [0.05, 0.1) is 11.6 Å². The summed E-state index contributed by atoms with van der Waals surface area (Å²) in [5, 5.41) is 25.2. The highest BCUT2D eigenvalue weighted by Crippen LogP contribution is 2.62. The van der Waals surface area contributed by atoms with E-state index >= 15 is 0 Å². The third-order valence-electron chi connectivity index (χ3n) is 6.90. The number of phenols is 1. The molecule has 0 saturated heterocycles. The van der Waals surface area contributed by atoms with E-state index in [-0.39, 0.29) is 17.5 Å². The van der Waals surface area contributed by atoms with Crippen LogP contribution in [0.1, 0.15) is 48.2 Å². The smallest absolute Gasteiger partial charge is 0.419 e. The largest absolute Gasteiger partial charge is 0.505 e. The monoisotopic (exact) mass is 447 g/mol. The van der Waals surface area contributed by atoms with E-state index < -0.39 is 41.2 Å². The first-order chi connectivity index (χ1) is 15.1. The highest BCUT2D eigenvalue weighted by Gasteiger charge is 2.68. The number of aliphatic hydroxyl groups is 1. The van der Waals surface area contributed by atoms with Crippen molar-refractivity contribution in [3.63, 3.8) is 0 Å². The number of rotatable bonds is 2. The number of alkyl halides is 3. The van der Waals surface area contributed by atoms with Gasteiger partial charge in [0, 0.05) is 28.8 Å². The van der Waals surface area contributed by atoms with Crippen LogP contribution >= 0.6 is 0 Å². The molecule has 1 aromatic heterocycles. The number of nitrogens with one attached hydrogen (secondary N) is 1. The zero-order valence-electron chi connectivity index (χ0n) is 17.1. The summed E-state index contributed by atoms with van der Waals surface area (Å²) in [5.41, 5.74) is -2.08. The van der Waals surface area contributed by atoms with Crippen LogP contribution in [0.25, 0.3) is 10.9 Å². The fraction of sp³-hybridized carbons (Fsp3) is 0.391. The van der Waals surface area contributed by atoms with Gasteiger partial charge in [0.15, 0.2) is 17.2 Å². The maximum Gasteiger partial charge on any atom is 0.419 e. The first-order valence-corrected chi connectivity index (χ1v) is 10.4. The molecule has 0 aliphatic heterocycles. The van der Waals surface area contributed by atoms with Crippen LogP contribution in [-0.4, -0.2) is 32.0 Å². The summed E-state index contributed by atoms with van der Waals surface area (Å²) in [7, 11) is 0. The predicted molar refractivity (Wildman–Crippen MR) is 110 cm³/mol. The van der Waals surface area contributed by atoms with Crippen LogP contribution in [0.15, 0.2) is 36.5 Å². The summed E-state index contributed by atoms with van der Waals surface area (Å²) < 4.78 is 57.7. The number of aromatic hydroxyl groups is 1. The number of hydrogen-bond acceptors (Lipinski definition) is 5. The lowest BCUT2D eigenvalue weighted by atomic mass is 9.64. The van der Waals surface area contributed by atoms with Gasteiger partial charge in [-0.05, 0) is 49.4 Å². The lowest BCUT2D eigenvalue weighted by molar-refractivity contribution is -0.290. The fourth-order valence-corrected chi connectivity index (χ4v) is 5.51. The Morgan fingerprint density at radius 2 is 1.94 bits per heavy atom. The minimum Gasteiger partial charge on any atom is -0.505 e. The van der Waals surface area contributed by atoms with Crippen molar-refractivity contribution in [2.75, 3.05) is 5.32 Å². The third-order valence-corrected chi connectivity index (χ3v) is 6.90. The summed E-state index contributed by atoms with van der Waals surface area (Å²) in [6, 6.07) is 5.45. The van der Waals surface area contributed by atoms with Crippen molar-refractivity contribution in [1.29, 1.82) is 0 Å². The quantitative estimate of drug-likeness (QED) is 0.475. The number of halogens is 4. The van der Waals surface area contributed by atoms with Gasteiger partial charge in [0.2, 0.25) is 0 Å². The van der Waals surface area contributed by atoms with Crippen molar-refractivity contribution >= 4 is 16.6 Å². The Hall–Kier alpha value is -2.94. The topological polar surface area (TPSA) is 78.3 Å². The Bertz CT molecular complexity index is 1220. The molecule has 3 N–H and O–H groups in total. The zero-order valence-corrected chi connectivity index (χ0v) is 17.1. The van der Waals surface area contributed by atoms with Crippen LogP contribution in [0, 0.1) is 18.7 Å². The molecule has 9 heteroatoms. The average Bonchev–Trinajstić information content (AvgIpc) is 3.22. The maximum absolute atomic E-state index is 14.5. The Labute approximate surface area is 181 Å². The SMILES string of the molecule is Cc1ncc2c(NC3c4ccc(F)c(O)c4C4CCCC4C3(O)C(F)(F)F)cccc2n1. The Balaban J connectivity index is 1.74. The number of anilines is 1. The number of aryl methyl sites for hydroxylation is 1. The number of hydrogen-bond donors (Lipinski definition) is 3. The van der Waals surface area contributed by atoms with Gasteiger partial charge in [0.25, 0.3) is 0 Å². The van der Waals surface area contributed by atoms with E-state index in [0.717, 1.165) is 6.07 Å². The second kappa shape index (κ2) is 7.03. The molecule has 0 amide bonds. The van der Waals surface area contributed by atoms with Crippen LogP contribution in [0.4, 0.5) is 23.2 Å². The first kappa shape index (κ1) is 20.9. The molecular formula is C23H21F4N3O2. The molecule has 2 aliphatic rings. The second-order valence-corrected chi connectivity index (χ2v) is 8.60. The van der Waals surface area contributed by atoms with Crippen LogP contribution < -0.4 is 5.32 Å². The average molecular weight is 447 g/mol. The summed E-state index contributed by atoms with van der Waals surface area (Å²) in [6.07, 6.45) is -2.56. The summed E-state index contributed by atoms with van der Waals surface area (Å²) in [4.78, 5) is 8.46. The van der Waals surface area contributed by atoms with Crippen molar-refractivity contribution in [2.24, 2.45) is 5.92 Å². The molecule has 1 saturated carbocycles. The molecule has 4 atom stereocenters. The van der Waals surface area contributed by atoms with Gasteiger partial charge in [-0.15, -0.1) is 0 Å². The number of nitrogens with zero attached hydrogens (tertiary/aromatic N) is 2. The molecule has 0 bridgehead atoms. The molecule has 0 spiro atoms. The van der Waals surface area contributed by atoms with Crippen LogP contribution in [0.2, 0.25) is 0 Å². The summed E-state index contributed by atoms with van der Waals surface area (Å²) in [5.74, 6) is -3.02. The first-order valence-electron chi connectivity index (χ1n) is 10.4. The summed E-state index contributed by atoms with van der Waals surface area (Å²) >= 11 is 0. The second-order valence-electron chi connectivity index (χ2n) is 8.60. The number of benzene rings is 2. The molecular weight excluding hydrogens is 426 g/mol. The highest BCUT2D eigenvalue weighted by atomic mass is 19.4. The van der Waals surface area contributed by atoms with Gasteiger partial charge in [0.1, 0.15) is 5.82 Å². The van der Waals surface area contributed by atoms with Crippen LogP contribution in [-0.2, 0) is 0 Å². The van der Waals surface area contributed by atoms with E-state index in [1.54, 1.807) is 25.1 Å². The van der Waals surface area contributed by atoms with E-state index in [4.69, 9.17) is 0 Å². The number of fused-ring (bicyclic) bond motifs is 4. The van der Waals surface area contributed by atoms with Crippen LogP contribution in [0.5, 0.6) is 5.75 Å². The maximum atomic E-state index is 14.5. The van der Waals surface area contributed by atoms with E-state index in [1.807, 2.05) is 0 Å². The zero-order chi connectivity index (χ0) is 22.8. The van der Waals surface area contributed by atoms with E-state index in [2.05, 4.69) is 15.3 Å². The summed E-state index contributed by atoms with van der Waals surface area (Å²) in [6.45, 7) is 1.71. The van der Waals surface area contributed by atoms with Crippen molar-refractivity contribution in [3.05, 3.63) is 59.3 Å². The van der Waals surface area contributed by atoms with E-state index in [0.29, 0.717) is 35.3 Å². The normalized spacial score (nSPS) is 27.2. The standard InChI is InChI=1S/C23H21F4N3O2/c1-11-28-10-14-17(29-11)6-3-7-18(14)30-21-13-8-9-16(24)20(31)19(13)12-4-2-5-15(12)22(21,32)23(25,26)27/h3,6-10,12,15,21,30-32H,2,4-5H2,1H3. The van der Waals surface area contributed by atoms with E-state index in [9.17, 15) is 27.8 Å². The minimum absolute atomic E-state index is 0.0388. The number of phenolic OH excluding ortho intramolecular Hbond substituents is 1. The van der Waals surface area contributed by atoms with Gasteiger partial charge in [-0.2, -0.15) is 13.2 Å². The fourth-order valence-electron chi connectivity index (χ4n) is 5.51. The molecule has 168 valence electrons. The molecule has 1 heterocycles. The minimum atomic E-state index is -4.96. The Kier molecular flexibility index (Phi) is 4.60. The van der Waals surface area contributed by atoms with Crippen molar-refractivity contribution in [2.45, 2.75) is 49.9 Å². The molecule has 32 heavy (non-hydrogen) atoms. The molecule has 3 aromatic rings. The molecule has 5 rings (SSSR count). The Morgan fingerprint density at radius 3 is 2.69 bits per heavy atom. The molecule has 2 aliphatic carbocycles. The van der Waals surface area contributed by atoms with Crippen molar-refractivity contribution in [3.8, 4) is 5.75 Å². The van der Waals surface area contributed by atoms with Gasteiger partial charge in [-0.1, -0.05) is 18.6 Å². The molecule has 0 radical (unpaired) electrons. The van der Waals surface area contributed by atoms with Gasteiger partial charge < -0.3 is 15.5 Å². The predicted octanol–water partition coefficient (Wildman–Crippen LogP) is 5.13. The van der Waals surface area contributed by atoms with Crippen molar-refractivity contribution in [1.82, 2.24) is 9.97 Å². The highest BCUT2D eigenvalue weighted by molar-refractivity contribution is 5.91. The van der Waals surface area contributed by atoms with Crippen LogP contribution in [0.3, 0.4) is 0 Å². The van der Waals surface area contributed by atoms with Crippen molar-refractivity contribution < 1.29 is 27.8 Å². The molecule has 5 nitrogen and oxygen atoms in total. The van der Waals surface area contributed by atoms with Gasteiger partial charge >= 0.3 is 6.18 Å². The Morgan fingerprint density at radius 1 is 1.16 bits per heavy atom. The molecule has 1 fully saturated rings. The van der Waals surface area contributed by atoms with Gasteiger partial charge in [-0.25, -0.2) is 14.4 Å². The van der Waals surface area contributed by atoms with E-state index in [1.165, 1.54) is 12.3 Å². The molecule has 4 unspecified atom stereocenters.